The SMILES string of the molecule is CCCCCC(O)N(C(=O)CCCCCCOc1ccc2c(c1)CN(CC(=O)C1CCCCC1N(C)C)C(N)=N2)C1CCCCC1. The quantitative estimate of drug-likeness (QED) is 0.139. The number of ether oxygens (including phenoxy) is 1. The van der Waals surface area contributed by atoms with E-state index in [2.05, 4.69) is 30.9 Å². The number of rotatable bonds is 18. The molecule has 1 aromatic carbocycles. The second kappa shape index (κ2) is 18.6. The van der Waals surface area contributed by atoms with Crippen LogP contribution in [0.15, 0.2) is 23.2 Å². The van der Waals surface area contributed by atoms with Crippen LogP contribution < -0.4 is 10.5 Å². The molecule has 0 aromatic heterocycles. The first-order valence-electron chi connectivity index (χ1n) is 18.3. The minimum Gasteiger partial charge on any atom is -0.494 e. The van der Waals surface area contributed by atoms with E-state index >= 15 is 0 Å². The Kier molecular flexibility index (Phi) is 14.7. The van der Waals surface area contributed by atoms with Crippen LogP contribution in [0.2, 0.25) is 0 Å². The van der Waals surface area contributed by atoms with Crippen LogP contribution in [0.4, 0.5) is 5.69 Å². The van der Waals surface area contributed by atoms with Gasteiger partial charge in [-0.25, -0.2) is 4.99 Å². The van der Waals surface area contributed by atoms with E-state index in [9.17, 15) is 14.7 Å². The lowest BCUT2D eigenvalue weighted by molar-refractivity contribution is -0.147. The minimum absolute atomic E-state index is 0.0451. The highest BCUT2D eigenvalue weighted by Crippen LogP contribution is 2.32. The third-order valence-corrected chi connectivity index (χ3v) is 10.3. The van der Waals surface area contributed by atoms with Gasteiger partial charge in [0.1, 0.15) is 12.0 Å². The molecule has 3 atom stereocenters. The predicted octanol–water partition coefficient (Wildman–Crippen LogP) is 6.53. The average molecular weight is 640 g/mol. The van der Waals surface area contributed by atoms with Crippen LogP contribution in [-0.2, 0) is 16.1 Å². The molecule has 46 heavy (non-hydrogen) atoms. The number of aliphatic hydroxyl groups excluding tert-OH is 1. The van der Waals surface area contributed by atoms with Crippen LogP contribution >= 0.6 is 0 Å². The normalized spacial score (nSPS) is 21.1. The van der Waals surface area contributed by atoms with Crippen LogP contribution in [0.1, 0.15) is 128 Å². The van der Waals surface area contributed by atoms with Gasteiger partial charge in [-0.15, -0.1) is 0 Å². The summed E-state index contributed by atoms with van der Waals surface area (Å²) in [6.45, 7) is 3.61. The maximum Gasteiger partial charge on any atom is 0.224 e. The fourth-order valence-electron chi connectivity index (χ4n) is 7.65. The molecule has 2 aliphatic carbocycles. The van der Waals surface area contributed by atoms with Crippen molar-refractivity contribution < 1.29 is 19.4 Å². The molecule has 4 rings (SSSR count). The number of nitrogens with two attached hydrogens (primary N) is 1. The van der Waals surface area contributed by atoms with Crippen molar-refractivity contribution in [2.45, 2.75) is 147 Å². The molecule has 1 aliphatic heterocycles. The molecule has 1 heterocycles. The molecule has 258 valence electrons. The van der Waals surface area contributed by atoms with E-state index in [0.29, 0.717) is 38.0 Å². The largest absolute Gasteiger partial charge is 0.494 e. The van der Waals surface area contributed by atoms with Gasteiger partial charge in [0, 0.05) is 36.5 Å². The minimum atomic E-state index is -0.644. The topological polar surface area (TPSA) is 112 Å². The number of carbonyl (C=O) groups excluding carboxylic acids is 2. The molecule has 1 amide bonds. The molecule has 0 bridgehead atoms. The number of fused-ring (bicyclic) bond motifs is 1. The molecule has 9 heteroatoms. The summed E-state index contributed by atoms with van der Waals surface area (Å²) in [5, 5.41) is 10.9. The Morgan fingerprint density at radius 2 is 1.74 bits per heavy atom. The van der Waals surface area contributed by atoms with Crippen LogP contribution in [0, 0.1) is 5.92 Å². The van der Waals surface area contributed by atoms with Crippen LogP contribution in [0.3, 0.4) is 0 Å². The zero-order valence-electron chi connectivity index (χ0n) is 28.9. The lowest BCUT2D eigenvalue weighted by Gasteiger charge is -2.38. The average Bonchev–Trinajstić information content (AvgIpc) is 3.05. The fourth-order valence-corrected chi connectivity index (χ4v) is 7.65. The van der Waals surface area contributed by atoms with Gasteiger partial charge >= 0.3 is 0 Å². The van der Waals surface area contributed by atoms with Crippen LogP contribution in [0.5, 0.6) is 5.75 Å². The Morgan fingerprint density at radius 3 is 2.50 bits per heavy atom. The molecule has 9 nitrogen and oxygen atoms in total. The van der Waals surface area contributed by atoms with Gasteiger partial charge in [-0.05, 0) is 83.7 Å². The number of nitrogens with zero attached hydrogens (tertiary/aromatic N) is 4. The first-order chi connectivity index (χ1) is 22.3. The van der Waals surface area contributed by atoms with Crippen LogP contribution in [-0.4, -0.2) is 83.0 Å². The van der Waals surface area contributed by atoms with Gasteiger partial charge in [-0.1, -0.05) is 64.7 Å². The molecular formula is C37H61N5O4. The Labute approximate surface area is 277 Å². The number of unbranched alkanes of at least 4 members (excludes halogenated alkanes) is 5. The number of guanidine groups is 1. The number of benzene rings is 1. The second-order valence-corrected chi connectivity index (χ2v) is 14.1. The summed E-state index contributed by atoms with van der Waals surface area (Å²) in [6, 6.07) is 6.40. The number of hydrogen-bond acceptors (Lipinski definition) is 8. The van der Waals surface area contributed by atoms with E-state index in [-0.39, 0.29) is 30.2 Å². The smallest absolute Gasteiger partial charge is 0.224 e. The van der Waals surface area contributed by atoms with Gasteiger partial charge in [0.15, 0.2) is 11.7 Å². The van der Waals surface area contributed by atoms with Crippen molar-refractivity contribution in [1.82, 2.24) is 14.7 Å². The Morgan fingerprint density at radius 1 is 1.00 bits per heavy atom. The zero-order valence-corrected chi connectivity index (χ0v) is 28.9. The summed E-state index contributed by atoms with van der Waals surface area (Å²) in [7, 11) is 4.14. The van der Waals surface area contributed by atoms with Gasteiger partial charge in [-0.2, -0.15) is 0 Å². The monoisotopic (exact) mass is 639 g/mol. The van der Waals surface area contributed by atoms with E-state index in [1.807, 2.05) is 28.0 Å². The molecule has 1 aromatic rings. The Bertz CT molecular complexity index is 1130. The van der Waals surface area contributed by atoms with Crippen molar-refractivity contribution in [2.75, 3.05) is 27.2 Å². The van der Waals surface area contributed by atoms with E-state index in [1.54, 1.807) is 0 Å². The van der Waals surface area contributed by atoms with E-state index in [4.69, 9.17) is 10.5 Å². The second-order valence-electron chi connectivity index (χ2n) is 14.1. The maximum absolute atomic E-state index is 13.3. The summed E-state index contributed by atoms with van der Waals surface area (Å²) >= 11 is 0. The number of ketones is 1. The van der Waals surface area contributed by atoms with Crippen molar-refractivity contribution in [3.05, 3.63) is 23.8 Å². The first-order valence-corrected chi connectivity index (χ1v) is 18.3. The van der Waals surface area contributed by atoms with Crippen molar-refractivity contribution in [3.63, 3.8) is 0 Å². The van der Waals surface area contributed by atoms with Crippen molar-refractivity contribution >= 4 is 23.3 Å². The molecule has 2 saturated carbocycles. The molecule has 0 saturated heterocycles. The predicted molar refractivity (Wildman–Crippen MR) is 185 cm³/mol. The van der Waals surface area contributed by atoms with Gasteiger partial charge in [0.05, 0.1) is 18.8 Å². The summed E-state index contributed by atoms with van der Waals surface area (Å²) in [5.74, 6) is 1.62. The standard InChI is InChI=1S/C37H61N5O4/c1-4-5-9-20-35(44)42(29-16-10-8-11-17-29)36(45)21-12-6-7-15-24-46-30-22-23-32-28(25-30)26-41(37(38)39-32)27-34(43)31-18-13-14-19-33(31)40(2)3/h22-23,25,29,31,33,35,44H,4-21,24,26-27H2,1-3H3,(H2,38,39). The number of aliphatic imine (C=N–C) groups is 1. The number of aliphatic hydroxyl groups is 1. The first kappa shape index (κ1) is 36.2. The third kappa shape index (κ3) is 10.4. The van der Waals surface area contributed by atoms with Crippen molar-refractivity contribution in [2.24, 2.45) is 16.6 Å². The highest BCUT2D eigenvalue weighted by atomic mass is 16.5. The van der Waals surface area contributed by atoms with Gasteiger partial charge < -0.3 is 30.3 Å². The molecule has 0 radical (unpaired) electrons. The third-order valence-electron chi connectivity index (χ3n) is 10.3. The maximum atomic E-state index is 13.3. The number of carbonyl (C=O) groups is 2. The number of amides is 1. The zero-order chi connectivity index (χ0) is 32.9. The lowest BCUT2D eigenvalue weighted by atomic mass is 9.81. The highest BCUT2D eigenvalue weighted by Gasteiger charge is 2.34. The Hall–Kier alpha value is -2.65. The van der Waals surface area contributed by atoms with Gasteiger partial charge in [0.25, 0.3) is 0 Å². The lowest BCUT2D eigenvalue weighted by Crippen LogP contribution is -2.48. The summed E-state index contributed by atoms with van der Waals surface area (Å²) in [5.41, 5.74) is 8.15. The van der Waals surface area contributed by atoms with Crippen molar-refractivity contribution in [1.29, 1.82) is 0 Å². The van der Waals surface area contributed by atoms with E-state index in [1.165, 1.54) is 12.8 Å². The van der Waals surface area contributed by atoms with Gasteiger partial charge in [-0.3, -0.25) is 9.59 Å². The van der Waals surface area contributed by atoms with Crippen molar-refractivity contribution in [3.8, 4) is 5.75 Å². The summed E-state index contributed by atoms with van der Waals surface area (Å²) in [6.07, 6.45) is 17.3. The molecule has 3 unspecified atom stereocenters. The van der Waals surface area contributed by atoms with Crippen LogP contribution in [0.25, 0.3) is 0 Å². The molecule has 0 spiro atoms. The number of hydrogen-bond donors (Lipinski definition) is 2. The molecular weight excluding hydrogens is 578 g/mol. The van der Waals surface area contributed by atoms with E-state index in [0.717, 1.165) is 107 Å². The van der Waals surface area contributed by atoms with E-state index < -0.39 is 6.23 Å². The Balaban J connectivity index is 1.18. The summed E-state index contributed by atoms with van der Waals surface area (Å²) < 4.78 is 6.10. The molecule has 2 fully saturated rings. The summed E-state index contributed by atoms with van der Waals surface area (Å²) in [4.78, 5) is 37.1. The molecule has 3 aliphatic rings. The number of Topliss-reactive ketones (excluding diaryl/α,β-unsaturated/α-hetero) is 1. The fraction of sp³-hybridized carbons (Fsp3) is 0.757. The van der Waals surface area contributed by atoms with Gasteiger partial charge in [0.2, 0.25) is 5.91 Å². The molecule has 3 N–H and O–H groups in total. The highest BCUT2D eigenvalue weighted by molar-refractivity contribution is 5.90.